The lowest BCUT2D eigenvalue weighted by Crippen LogP contribution is -2.39. The molecule has 9 heteroatoms. The SMILES string of the molecule is O=C(C[C@H]1C(=O)N(c2ccc(Cl)cc2)C(=S)N1CCc1cccs1)Nc1ccc(F)cc1. The maximum atomic E-state index is 13.3. The van der Waals surface area contributed by atoms with E-state index in [1.165, 1.54) is 34.0 Å². The van der Waals surface area contributed by atoms with Gasteiger partial charge in [-0.1, -0.05) is 17.7 Å². The van der Waals surface area contributed by atoms with E-state index in [-0.39, 0.29) is 18.2 Å². The van der Waals surface area contributed by atoms with Gasteiger partial charge < -0.3 is 10.2 Å². The van der Waals surface area contributed by atoms with Gasteiger partial charge >= 0.3 is 0 Å². The number of hydrogen-bond donors (Lipinski definition) is 1. The lowest BCUT2D eigenvalue weighted by molar-refractivity contribution is -0.124. The highest BCUT2D eigenvalue weighted by molar-refractivity contribution is 7.80. The van der Waals surface area contributed by atoms with Crippen LogP contribution in [0.3, 0.4) is 0 Å². The molecule has 1 fully saturated rings. The van der Waals surface area contributed by atoms with Gasteiger partial charge in [-0.2, -0.15) is 0 Å². The van der Waals surface area contributed by atoms with Gasteiger partial charge in [0.2, 0.25) is 5.91 Å². The Bertz CT molecular complexity index is 1120. The average Bonchev–Trinajstić information content (AvgIpc) is 3.36. The fraction of sp³-hybridized carbons (Fsp3) is 0.174. The quantitative estimate of drug-likeness (QED) is 0.470. The first-order chi connectivity index (χ1) is 15.4. The molecule has 3 aromatic rings. The second kappa shape index (κ2) is 9.77. The van der Waals surface area contributed by atoms with Gasteiger partial charge in [0.25, 0.3) is 5.91 Å². The van der Waals surface area contributed by atoms with Gasteiger partial charge in [0, 0.05) is 22.1 Å². The number of amides is 2. The normalized spacial score (nSPS) is 16.0. The number of anilines is 2. The van der Waals surface area contributed by atoms with Gasteiger partial charge in [-0.15, -0.1) is 11.3 Å². The molecule has 4 rings (SSSR count). The minimum Gasteiger partial charge on any atom is -0.336 e. The Kier molecular flexibility index (Phi) is 6.83. The smallest absolute Gasteiger partial charge is 0.256 e. The summed E-state index contributed by atoms with van der Waals surface area (Å²) in [5.41, 5.74) is 1.07. The largest absolute Gasteiger partial charge is 0.336 e. The second-order valence-corrected chi connectivity index (χ2v) is 9.06. The van der Waals surface area contributed by atoms with Crippen LogP contribution in [0.2, 0.25) is 5.02 Å². The van der Waals surface area contributed by atoms with E-state index in [2.05, 4.69) is 5.32 Å². The number of halogens is 2. The minimum atomic E-state index is -0.737. The maximum absolute atomic E-state index is 13.3. The van der Waals surface area contributed by atoms with Crippen molar-refractivity contribution >= 4 is 63.5 Å². The first kappa shape index (κ1) is 22.4. The van der Waals surface area contributed by atoms with Crippen LogP contribution in [0.1, 0.15) is 11.3 Å². The van der Waals surface area contributed by atoms with E-state index in [9.17, 15) is 14.0 Å². The van der Waals surface area contributed by atoms with E-state index in [4.69, 9.17) is 23.8 Å². The molecule has 0 radical (unpaired) electrons. The fourth-order valence-corrected chi connectivity index (χ4v) is 4.76. The minimum absolute atomic E-state index is 0.0785. The van der Waals surface area contributed by atoms with E-state index in [0.29, 0.717) is 34.5 Å². The summed E-state index contributed by atoms with van der Waals surface area (Å²) >= 11 is 13.3. The average molecular weight is 488 g/mol. The number of benzene rings is 2. The first-order valence-corrected chi connectivity index (χ1v) is 11.6. The van der Waals surface area contributed by atoms with Crippen LogP contribution in [0.15, 0.2) is 66.0 Å². The Morgan fingerprint density at radius 2 is 1.84 bits per heavy atom. The zero-order valence-electron chi connectivity index (χ0n) is 16.8. The Morgan fingerprint density at radius 3 is 2.50 bits per heavy atom. The van der Waals surface area contributed by atoms with Crippen molar-refractivity contribution in [3.63, 3.8) is 0 Å². The van der Waals surface area contributed by atoms with E-state index in [1.54, 1.807) is 40.5 Å². The van der Waals surface area contributed by atoms with E-state index >= 15 is 0 Å². The highest BCUT2D eigenvalue weighted by Gasteiger charge is 2.43. The van der Waals surface area contributed by atoms with Crippen molar-refractivity contribution in [3.05, 3.63) is 81.8 Å². The number of nitrogens with one attached hydrogen (secondary N) is 1. The number of rotatable bonds is 7. The number of carbonyl (C=O) groups is 2. The van der Waals surface area contributed by atoms with Gasteiger partial charge in [0.15, 0.2) is 5.11 Å². The molecule has 32 heavy (non-hydrogen) atoms. The molecular formula is C23H19ClFN3O2S2. The van der Waals surface area contributed by atoms with E-state index in [0.717, 1.165) is 0 Å². The number of carbonyl (C=O) groups excluding carboxylic acids is 2. The molecule has 1 aromatic heterocycles. The third kappa shape index (κ3) is 4.98. The topological polar surface area (TPSA) is 52.7 Å². The second-order valence-electron chi connectivity index (χ2n) is 7.23. The van der Waals surface area contributed by atoms with Gasteiger partial charge in [-0.25, -0.2) is 4.39 Å². The van der Waals surface area contributed by atoms with Crippen LogP contribution >= 0.6 is 35.2 Å². The van der Waals surface area contributed by atoms with Crippen LogP contribution in [0.4, 0.5) is 15.8 Å². The molecule has 2 amide bonds. The third-order valence-corrected chi connectivity index (χ3v) is 6.69. The Labute approximate surface area is 199 Å². The standard InChI is InChI=1S/C23H19ClFN3O2S2/c24-15-3-9-18(10-4-15)28-22(30)20(14-21(29)26-17-7-5-16(25)6-8-17)27(23(28)31)12-11-19-2-1-13-32-19/h1-10,13,20H,11-12,14H2,(H,26,29)/t20-/m0/s1. The molecule has 5 nitrogen and oxygen atoms in total. The molecule has 2 aromatic carbocycles. The van der Waals surface area contributed by atoms with Crippen LogP contribution < -0.4 is 10.2 Å². The molecule has 1 aliphatic rings. The summed E-state index contributed by atoms with van der Waals surface area (Å²) in [5, 5.41) is 5.63. The third-order valence-electron chi connectivity index (χ3n) is 5.09. The molecule has 164 valence electrons. The van der Waals surface area contributed by atoms with E-state index in [1.807, 2.05) is 17.5 Å². The molecule has 2 heterocycles. The number of thiocarbonyl (C=S) groups is 1. The van der Waals surface area contributed by atoms with Crippen LogP contribution in [-0.4, -0.2) is 34.4 Å². The van der Waals surface area contributed by atoms with Gasteiger partial charge in [-0.05, 0) is 78.6 Å². The number of hydrogen-bond acceptors (Lipinski definition) is 4. The summed E-state index contributed by atoms with van der Waals surface area (Å²) in [4.78, 5) is 30.5. The zero-order valence-corrected chi connectivity index (χ0v) is 19.2. The van der Waals surface area contributed by atoms with Gasteiger partial charge in [0.1, 0.15) is 11.9 Å². The highest BCUT2D eigenvalue weighted by Crippen LogP contribution is 2.29. The molecule has 0 saturated carbocycles. The Hall–Kier alpha value is -2.81. The van der Waals surface area contributed by atoms with Crippen molar-refractivity contribution in [3.8, 4) is 0 Å². The summed E-state index contributed by atoms with van der Waals surface area (Å²) in [5.74, 6) is -1.01. The summed E-state index contributed by atoms with van der Waals surface area (Å²) in [6.45, 7) is 0.504. The summed E-state index contributed by atoms with van der Waals surface area (Å²) in [6, 6.07) is 15.6. The van der Waals surface area contributed by atoms with Crippen LogP contribution in [-0.2, 0) is 16.0 Å². The Morgan fingerprint density at radius 1 is 1.12 bits per heavy atom. The summed E-state index contributed by atoms with van der Waals surface area (Å²) < 4.78 is 13.1. The number of nitrogens with zero attached hydrogens (tertiary/aromatic N) is 2. The van der Waals surface area contributed by atoms with Crippen LogP contribution in [0, 0.1) is 5.82 Å². The predicted octanol–water partition coefficient (Wildman–Crippen LogP) is 5.11. The predicted molar refractivity (Wildman–Crippen MR) is 130 cm³/mol. The molecular weight excluding hydrogens is 469 g/mol. The van der Waals surface area contributed by atoms with Crippen molar-refractivity contribution in [1.82, 2.24) is 4.90 Å². The van der Waals surface area contributed by atoms with Crippen molar-refractivity contribution in [1.29, 1.82) is 0 Å². The lowest BCUT2D eigenvalue weighted by atomic mass is 10.1. The lowest BCUT2D eigenvalue weighted by Gasteiger charge is -2.23. The van der Waals surface area contributed by atoms with Crippen molar-refractivity contribution < 1.29 is 14.0 Å². The van der Waals surface area contributed by atoms with Gasteiger partial charge in [-0.3, -0.25) is 14.5 Å². The summed E-state index contributed by atoms with van der Waals surface area (Å²) in [6.07, 6.45) is 0.626. The zero-order chi connectivity index (χ0) is 22.7. The monoisotopic (exact) mass is 487 g/mol. The first-order valence-electron chi connectivity index (χ1n) is 9.90. The highest BCUT2D eigenvalue weighted by atomic mass is 35.5. The number of thiophene rings is 1. The molecule has 1 aliphatic heterocycles. The van der Waals surface area contributed by atoms with Crippen LogP contribution in [0.5, 0.6) is 0 Å². The molecule has 1 N–H and O–H groups in total. The van der Waals surface area contributed by atoms with Crippen molar-refractivity contribution in [2.24, 2.45) is 0 Å². The maximum Gasteiger partial charge on any atom is 0.256 e. The molecule has 0 bridgehead atoms. The molecule has 1 saturated heterocycles. The Balaban J connectivity index is 1.54. The van der Waals surface area contributed by atoms with Crippen molar-refractivity contribution in [2.45, 2.75) is 18.9 Å². The molecule has 0 unspecified atom stereocenters. The van der Waals surface area contributed by atoms with Crippen LogP contribution in [0.25, 0.3) is 0 Å². The van der Waals surface area contributed by atoms with E-state index < -0.39 is 11.9 Å². The van der Waals surface area contributed by atoms with Gasteiger partial charge in [0.05, 0.1) is 12.1 Å². The fourth-order valence-electron chi connectivity index (χ4n) is 3.52. The van der Waals surface area contributed by atoms with Crippen molar-refractivity contribution in [2.75, 3.05) is 16.8 Å². The molecule has 1 atom stereocenters. The summed E-state index contributed by atoms with van der Waals surface area (Å²) in [7, 11) is 0. The molecule has 0 aliphatic carbocycles. The molecule has 0 spiro atoms.